The molecule has 0 radical (unpaired) electrons. The first-order valence-electron chi connectivity index (χ1n) is 10.2. The molecule has 4 aromatic rings. The van der Waals surface area contributed by atoms with Crippen LogP contribution in [0.3, 0.4) is 0 Å². The summed E-state index contributed by atoms with van der Waals surface area (Å²) in [6.07, 6.45) is 1.67. The van der Waals surface area contributed by atoms with Gasteiger partial charge in [-0.1, -0.05) is 23.2 Å². The zero-order chi connectivity index (χ0) is 24.5. The van der Waals surface area contributed by atoms with Crippen molar-refractivity contribution in [3.63, 3.8) is 0 Å². The summed E-state index contributed by atoms with van der Waals surface area (Å²) >= 11 is 15.3. The van der Waals surface area contributed by atoms with Crippen LogP contribution in [0.5, 0.6) is 0 Å². The summed E-state index contributed by atoms with van der Waals surface area (Å²) in [5.41, 5.74) is -0.493. The van der Waals surface area contributed by atoms with Gasteiger partial charge in [0.15, 0.2) is 0 Å². The van der Waals surface area contributed by atoms with Gasteiger partial charge in [0, 0.05) is 34.2 Å². The van der Waals surface area contributed by atoms with Gasteiger partial charge in [0.1, 0.15) is 16.0 Å². The van der Waals surface area contributed by atoms with Crippen molar-refractivity contribution in [2.45, 2.75) is 26.9 Å². The Balaban J connectivity index is 1.70. The Morgan fingerprint density at radius 2 is 2.03 bits per heavy atom. The highest BCUT2D eigenvalue weighted by molar-refractivity contribution is 7.16. The number of hydrogen-bond acceptors (Lipinski definition) is 8. The summed E-state index contributed by atoms with van der Waals surface area (Å²) in [7, 11) is 0. The number of thiophene rings is 1. The van der Waals surface area contributed by atoms with Crippen LogP contribution in [0, 0.1) is 5.41 Å². The highest BCUT2D eigenvalue weighted by Gasteiger charge is 2.31. The predicted octanol–water partition coefficient (Wildman–Crippen LogP) is 4.86. The topological polar surface area (TPSA) is 102 Å². The maximum absolute atomic E-state index is 13.1. The number of thiazole rings is 1. The van der Waals surface area contributed by atoms with E-state index >= 15 is 0 Å². The van der Waals surface area contributed by atoms with Crippen molar-refractivity contribution in [2.24, 2.45) is 5.41 Å². The van der Waals surface area contributed by atoms with Gasteiger partial charge in [-0.2, -0.15) is 9.78 Å². The molecule has 0 unspecified atom stereocenters. The molecule has 0 aromatic carbocycles. The zero-order valence-corrected chi connectivity index (χ0v) is 21.4. The van der Waals surface area contributed by atoms with Crippen LogP contribution in [0.4, 0.5) is 5.82 Å². The Bertz CT molecular complexity index is 1380. The number of aliphatic hydroxyl groups is 1. The van der Waals surface area contributed by atoms with Gasteiger partial charge in [0.2, 0.25) is 0 Å². The molecular formula is C22H21Cl2N5O3S2. The molecule has 0 saturated carbocycles. The summed E-state index contributed by atoms with van der Waals surface area (Å²) in [6, 6.07) is 8.43. The molecule has 0 bridgehead atoms. The Kier molecular flexibility index (Phi) is 7.25. The van der Waals surface area contributed by atoms with E-state index in [0.29, 0.717) is 28.0 Å². The van der Waals surface area contributed by atoms with Gasteiger partial charge in [-0.3, -0.25) is 14.2 Å². The van der Waals surface area contributed by atoms with Crippen LogP contribution in [0.2, 0.25) is 9.49 Å². The number of halogens is 2. The van der Waals surface area contributed by atoms with Gasteiger partial charge >= 0.3 is 0 Å². The number of hydrogen-bond donors (Lipinski definition) is 2. The quantitative estimate of drug-likeness (QED) is 0.311. The summed E-state index contributed by atoms with van der Waals surface area (Å²) < 4.78 is 3.30. The number of carbonyl (C=O) groups excluding carboxylic acids is 1. The normalized spacial score (nSPS) is 11.7. The minimum atomic E-state index is -1.05. The average molecular weight is 538 g/mol. The molecule has 0 amide bonds. The van der Waals surface area contributed by atoms with E-state index in [1.165, 1.54) is 38.0 Å². The predicted molar refractivity (Wildman–Crippen MR) is 136 cm³/mol. The fraction of sp³-hybridized carbons (Fsp3) is 0.273. The van der Waals surface area contributed by atoms with Crippen LogP contribution >= 0.6 is 45.9 Å². The number of aliphatic hydroxyl groups excluding tert-OH is 1. The Morgan fingerprint density at radius 3 is 2.65 bits per heavy atom. The smallest absolute Gasteiger partial charge is 0.256 e. The second kappa shape index (κ2) is 10.0. The zero-order valence-electron chi connectivity index (χ0n) is 18.3. The van der Waals surface area contributed by atoms with E-state index in [2.05, 4.69) is 15.4 Å². The summed E-state index contributed by atoms with van der Waals surface area (Å²) in [4.78, 5) is 31.1. The van der Waals surface area contributed by atoms with Gasteiger partial charge in [-0.05, 0) is 32.0 Å². The van der Waals surface area contributed by atoms with Crippen molar-refractivity contribution in [3.05, 3.63) is 71.6 Å². The minimum absolute atomic E-state index is 0.233. The van der Waals surface area contributed by atoms with Crippen LogP contribution in [-0.4, -0.2) is 37.0 Å². The molecule has 0 aliphatic carbocycles. The summed E-state index contributed by atoms with van der Waals surface area (Å²) in [6.45, 7) is 3.61. The largest absolute Gasteiger partial charge is 0.395 e. The van der Waals surface area contributed by atoms with E-state index in [1.54, 1.807) is 38.2 Å². The lowest BCUT2D eigenvalue weighted by Gasteiger charge is -2.20. The van der Waals surface area contributed by atoms with Crippen molar-refractivity contribution >= 4 is 57.6 Å². The van der Waals surface area contributed by atoms with Gasteiger partial charge in [0.25, 0.3) is 11.5 Å². The number of anilines is 1. The lowest BCUT2D eigenvalue weighted by atomic mass is 9.94. The average Bonchev–Trinajstić information content (AvgIpc) is 3.55. The van der Waals surface area contributed by atoms with Gasteiger partial charge in [-0.15, -0.1) is 22.7 Å². The van der Waals surface area contributed by atoms with Crippen LogP contribution in [0.25, 0.3) is 11.3 Å². The molecule has 178 valence electrons. The van der Waals surface area contributed by atoms with E-state index in [0.717, 1.165) is 9.88 Å². The number of carbonyl (C=O) groups is 1. The third-order valence-corrected chi connectivity index (χ3v) is 7.41. The number of rotatable bonds is 8. The van der Waals surface area contributed by atoms with Crippen LogP contribution < -0.4 is 10.9 Å². The van der Waals surface area contributed by atoms with Crippen LogP contribution in [0.1, 0.15) is 28.5 Å². The first-order valence-corrected chi connectivity index (χ1v) is 12.7. The van der Waals surface area contributed by atoms with E-state index in [9.17, 15) is 14.7 Å². The summed E-state index contributed by atoms with van der Waals surface area (Å²) in [5, 5.41) is 20.2. The third kappa shape index (κ3) is 5.26. The number of nitrogens with one attached hydrogen (secondary N) is 1. The fourth-order valence-corrected chi connectivity index (χ4v) is 5.01. The second-order valence-corrected chi connectivity index (χ2v) is 11.3. The van der Waals surface area contributed by atoms with Crippen molar-refractivity contribution < 1.29 is 9.90 Å². The molecule has 0 aliphatic rings. The second-order valence-electron chi connectivity index (χ2n) is 8.15. The van der Waals surface area contributed by atoms with Gasteiger partial charge in [-0.25, -0.2) is 4.98 Å². The molecule has 0 atom stereocenters. The molecule has 34 heavy (non-hydrogen) atoms. The number of aromatic nitrogens is 4. The van der Waals surface area contributed by atoms with Gasteiger partial charge in [0.05, 0.1) is 35.1 Å². The van der Waals surface area contributed by atoms with Gasteiger partial charge < -0.3 is 10.4 Å². The fourth-order valence-electron chi connectivity index (χ4n) is 3.11. The highest BCUT2D eigenvalue weighted by atomic mass is 35.5. The molecule has 4 aromatic heterocycles. The molecule has 4 rings (SSSR count). The van der Waals surface area contributed by atoms with Crippen LogP contribution in [-0.2, 0) is 13.1 Å². The first-order chi connectivity index (χ1) is 16.2. The molecule has 12 heteroatoms. The van der Waals surface area contributed by atoms with Crippen LogP contribution in [0.15, 0.2) is 46.7 Å². The molecule has 4 heterocycles. The lowest BCUT2D eigenvalue weighted by molar-refractivity contribution is 0.0616. The maximum Gasteiger partial charge on any atom is 0.256 e. The van der Waals surface area contributed by atoms with Crippen molar-refractivity contribution in [3.8, 4) is 11.3 Å². The molecule has 0 fully saturated rings. The SMILES string of the molecule is CC(C)(CO)C(=O)n1nc(-c2cc(Cl)n(Cc3nccs3)c(=O)c2)cc1NCc1ccc(Cl)s1. The van der Waals surface area contributed by atoms with Crippen molar-refractivity contribution in [1.29, 1.82) is 0 Å². The molecule has 8 nitrogen and oxygen atoms in total. The Hall–Kier alpha value is -2.50. The van der Waals surface area contributed by atoms with E-state index in [1.807, 2.05) is 11.4 Å². The molecule has 0 spiro atoms. The Morgan fingerprint density at radius 1 is 1.24 bits per heavy atom. The lowest BCUT2D eigenvalue weighted by Crippen LogP contribution is -2.34. The van der Waals surface area contributed by atoms with Crippen molar-refractivity contribution in [1.82, 2.24) is 19.3 Å². The highest BCUT2D eigenvalue weighted by Crippen LogP contribution is 2.28. The third-order valence-electron chi connectivity index (χ3n) is 5.10. The molecule has 2 N–H and O–H groups in total. The molecule has 0 saturated heterocycles. The molecular weight excluding hydrogens is 517 g/mol. The minimum Gasteiger partial charge on any atom is -0.395 e. The van der Waals surface area contributed by atoms with E-state index in [4.69, 9.17) is 23.2 Å². The maximum atomic E-state index is 13.1. The Labute approximate surface area is 213 Å². The van der Waals surface area contributed by atoms with E-state index < -0.39 is 11.3 Å². The molecule has 0 aliphatic heterocycles. The van der Waals surface area contributed by atoms with E-state index in [-0.39, 0.29) is 23.9 Å². The first kappa shape index (κ1) is 24.6. The summed E-state index contributed by atoms with van der Waals surface area (Å²) in [5.74, 6) is 0.0327. The monoisotopic (exact) mass is 537 g/mol. The number of pyridine rings is 1. The van der Waals surface area contributed by atoms with Crippen molar-refractivity contribution in [2.75, 3.05) is 11.9 Å². The standard InChI is InChI=1S/C22H21Cl2N5O3S2/c1-22(2,12-30)21(32)29-18(26-10-14-3-4-17(24)34-14)9-15(27-29)13-7-16(23)28(20(31)8-13)11-19-25-5-6-33-19/h3-9,26,30H,10-12H2,1-2H3. The number of nitrogens with zero attached hydrogens (tertiary/aromatic N) is 4.